The molecule has 5 N–H and O–H groups in total. The molecule has 1 amide bonds. The Balaban J connectivity index is 3.63. The van der Waals surface area contributed by atoms with Gasteiger partial charge in [-0.15, -0.1) is 0 Å². The third kappa shape index (κ3) is 44.3. The van der Waals surface area contributed by atoms with E-state index in [1.165, 1.54) is 244 Å². The Bertz CT molecular complexity index is 898. The van der Waals surface area contributed by atoms with Crippen molar-refractivity contribution in [3.05, 3.63) is 12.2 Å². The van der Waals surface area contributed by atoms with Crippen LogP contribution in [0.25, 0.3) is 0 Å². The van der Waals surface area contributed by atoms with Crippen molar-refractivity contribution in [2.24, 2.45) is 0 Å². The zero-order valence-electron chi connectivity index (χ0n) is 41.9. The highest BCUT2D eigenvalue weighted by atomic mass is 16.3. The number of aliphatic hydroxyl groups excluding tert-OH is 4. The largest absolute Gasteiger partial charge is 0.394 e. The Morgan fingerprint density at radius 1 is 0.387 bits per heavy atom. The van der Waals surface area contributed by atoms with Gasteiger partial charge in [0.05, 0.1) is 18.8 Å². The van der Waals surface area contributed by atoms with Gasteiger partial charge in [0.15, 0.2) is 0 Å². The highest BCUT2D eigenvalue weighted by Crippen LogP contribution is 2.18. The zero-order chi connectivity index (χ0) is 45.2. The van der Waals surface area contributed by atoms with E-state index in [1.54, 1.807) is 0 Å². The van der Waals surface area contributed by atoms with Gasteiger partial charge in [0.2, 0.25) is 5.91 Å². The minimum atomic E-state index is -1.28. The van der Waals surface area contributed by atoms with Gasteiger partial charge in [-0.25, -0.2) is 0 Å². The van der Waals surface area contributed by atoms with Crippen molar-refractivity contribution < 1.29 is 25.2 Å². The van der Waals surface area contributed by atoms with Crippen LogP contribution in [0.2, 0.25) is 0 Å². The van der Waals surface area contributed by atoms with Crippen LogP contribution in [0.4, 0.5) is 0 Å². The summed E-state index contributed by atoms with van der Waals surface area (Å²) < 4.78 is 0. The summed E-state index contributed by atoms with van der Waals surface area (Å²) in [7, 11) is 0. The van der Waals surface area contributed by atoms with Crippen LogP contribution in [-0.4, -0.2) is 57.3 Å². The van der Waals surface area contributed by atoms with Crippen molar-refractivity contribution in [1.29, 1.82) is 0 Å². The number of allylic oxidation sites excluding steroid dienone is 2. The van der Waals surface area contributed by atoms with Gasteiger partial charge in [0.1, 0.15) is 12.2 Å². The first-order valence-corrected chi connectivity index (χ1v) is 28.1. The fourth-order valence-electron chi connectivity index (χ4n) is 9.06. The Labute approximate surface area is 387 Å². The molecule has 0 bridgehead atoms. The summed E-state index contributed by atoms with van der Waals surface area (Å²) in [4.78, 5) is 12.6. The summed E-state index contributed by atoms with van der Waals surface area (Å²) in [5.74, 6) is -0.587. The number of carbonyl (C=O) groups is 1. The third-order valence-corrected chi connectivity index (χ3v) is 13.5. The zero-order valence-corrected chi connectivity index (χ0v) is 41.9. The molecular weight excluding hydrogens is 767 g/mol. The van der Waals surface area contributed by atoms with Crippen LogP contribution >= 0.6 is 0 Å². The lowest BCUT2D eigenvalue weighted by Crippen LogP contribution is -2.53. The van der Waals surface area contributed by atoms with E-state index in [4.69, 9.17) is 0 Å². The fraction of sp³-hybridized carbons (Fsp3) is 0.946. The molecule has 6 heteroatoms. The second-order valence-electron chi connectivity index (χ2n) is 19.6. The molecule has 0 rings (SSSR count). The Morgan fingerprint density at radius 2 is 0.661 bits per heavy atom. The highest BCUT2D eigenvalue weighted by molar-refractivity contribution is 5.80. The Morgan fingerprint density at radius 3 is 0.968 bits per heavy atom. The van der Waals surface area contributed by atoms with Crippen LogP contribution in [0.5, 0.6) is 0 Å². The molecular formula is C56H111NO5. The molecule has 0 aromatic heterocycles. The van der Waals surface area contributed by atoms with Gasteiger partial charge in [-0.2, -0.15) is 0 Å². The molecule has 0 saturated heterocycles. The van der Waals surface area contributed by atoms with Crippen molar-refractivity contribution in [3.8, 4) is 0 Å². The number of nitrogens with one attached hydrogen (secondary N) is 1. The average Bonchev–Trinajstić information content (AvgIpc) is 3.28. The maximum Gasteiger partial charge on any atom is 0.249 e. The molecule has 0 heterocycles. The molecule has 0 saturated carbocycles. The number of carbonyl (C=O) groups excluding carboxylic acids is 1. The van der Waals surface area contributed by atoms with Crippen molar-refractivity contribution in [2.75, 3.05) is 6.61 Å². The van der Waals surface area contributed by atoms with Gasteiger partial charge < -0.3 is 25.7 Å². The fourth-order valence-corrected chi connectivity index (χ4v) is 9.06. The smallest absolute Gasteiger partial charge is 0.249 e. The molecule has 0 aromatic carbocycles. The monoisotopic (exact) mass is 878 g/mol. The summed E-state index contributed by atoms with van der Waals surface area (Å²) in [6, 6.07) is -0.998. The Kier molecular flexibility index (Phi) is 50.3. The summed E-state index contributed by atoms with van der Waals surface area (Å²) in [5, 5.41) is 44.0. The maximum atomic E-state index is 12.6. The number of hydrogen-bond acceptors (Lipinski definition) is 5. The molecule has 62 heavy (non-hydrogen) atoms. The molecule has 370 valence electrons. The van der Waals surface area contributed by atoms with E-state index in [9.17, 15) is 25.2 Å². The summed E-state index contributed by atoms with van der Waals surface area (Å²) in [6.07, 6.45) is 60.0. The second-order valence-corrected chi connectivity index (χ2v) is 19.6. The van der Waals surface area contributed by atoms with Crippen LogP contribution < -0.4 is 5.32 Å². The predicted molar refractivity (Wildman–Crippen MR) is 270 cm³/mol. The minimum Gasteiger partial charge on any atom is -0.394 e. The number of rotatable bonds is 52. The highest BCUT2D eigenvalue weighted by Gasteiger charge is 2.28. The van der Waals surface area contributed by atoms with E-state index in [0.717, 1.165) is 38.5 Å². The van der Waals surface area contributed by atoms with Gasteiger partial charge >= 0.3 is 0 Å². The van der Waals surface area contributed by atoms with E-state index in [1.807, 2.05) is 0 Å². The number of unbranched alkanes of at least 4 members (excludes halogenated alkanes) is 41. The first-order chi connectivity index (χ1) is 30.5. The molecule has 4 atom stereocenters. The van der Waals surface area contributed by atoms with Crippen LogP contribution in [0.15, 0.2) is 12.2 Å². The van der Waals surface area contributed by atoms with E-state index in [-0.39, 0.29) is 0 Å². The Hall–Kier alpha value is -0.950. The van der Waals surface area contributed by atoms with Crippen molar-refractivity contribution >= 4 is 5.91 Å². The SMILES string of the molecule is CCCCCCCCCCCCCCCCCCCCCCC/C=C/CCCC(O)C(O)C(CO)NC(=O)C(O)CCCCCCCCCCCCCCCCCCCCCC. The van der Waals surface area contributed by atoms with Gasteiger partial charge in [-0.3, -0.25) is 4.79 Å². The standard InChI is InChI=1S/C56H111NO5/c1-3-5-7-9-11-13-15-17-19-21-23-25-26-27-28-29-30-32-33-35-37-39-41-43-45-47-49-53(59)55(61)52(51-58)57-56(62)54(60)50-48-46-44-42-40-38-36-34-31-24-22-20-18-16-14-12-10-8-6-4-2/h41,43,52-55,58-61H,3-40,42,44-51H2,1-2H3,(H,57,62)/b43-41+. The normalized spacial score (nSPS) is 13.8. The van der Waals surface area contributed by atoms with Crippen molar-refractivity contribution in [2.45, 2.75) is 334 Å². The van der Waals surface area contributed by atoms with Crippen LogP contribution in [0, 0.1) is 0 Å². The molecule has 0 spiro atoms. The molecule has 0 aliphatic rings. The predicted octanol–water partition coefficient (Wildman–Crippen LogP) is 16.1. The third-order valence-electron chi connectivity index (χ3n) is 13.5. The van der Waals surface area contributed by atoms with E-state index in [2.05, 4.69) is 31.3 Å². The van der Waals surface area contributed by atoms with E-state index in [0.29, 0.717) is 12.8 Å². The first kappa shape index (κ1) is 61.0. The summed E-state index contributed by atoms with van der Waals surface area (Å²) in [5.41, 5.74) is 0. The average molecular weight is 879 g/mol. The number of amides is 1. The second kappa shape index (κ2) is 51.0. The van der Waals surface area contributed by atoms with Crippen LogP contribution in [0.1, 0.15) is 309 Å². The number of hydrogen-bond donors (Lipinski definition) is 5. The van der Waals surface area contributed by atoms with E-state index >= 15 is 0 Å². The van der Waals surface area contributed by atoms with Crippen LogP contribution in [0.3, 0.4) is 0 Å². The lowest BCUT2D eigenvalue weighted by molar-refractivity contribution is -0.132. The molecule has 4 unspecified atom stereocenters. The lowest BCUT2D eigenvalue weighted by Gasteiger charge is -2.27. The van der Waals surface area contributed by atoms with E-state index < -0.39 is 36.9 Å². The quantitative estimate of drug-likeness (QED) is 0.0309. The van der Waals surface area contributed by atoms with Crippen LogP contribution in [-0.2, 0) is 4.79 Å². The molecule has 0 aromatic rings. The summed E-state index contributed by atoms with van der Waals surface area (Å²) >= 11 is 0. The maximum absolute atomic E-state index is 12.6. The van der Waals surface area contributed by atoms with Gasteiger partial charge in [0.25, 0.3) is 0 Å². The molecule has 0 radical (unpaired) electrons. The van der Waals surface area contributed by atoms with Crippen molar-refractivity contribution in [1.82, 2.24) is 5.32 Å². The molecule has 0 fully saturated rings. The van der Waals surface area contributed by atoms with Gasteiger partial charge in [-0.05, 0) is 38.5 Å². The summed E-state index contributed by atoms with van der Waals surface area (Å²) in [6.45, 7) is 4.08. The molecule has 6 nitrogen and oxygen atoms in total. The molecule has 0 aliphatic carbocycles. The van der Waals surface area contributed by atoms with Gasteiger partial charge in [-0.1, -0.05) is 283 Å². The minimum absolute atomic E-state index is 0.369. The van der Waals surface area contributed by atoms with Crippen molar-refractivity contribution in [3.63, 3.8) is 0 Å². The lowest BCUT2D eigenvalue weighted by atomic mass is 10.00. The number of aliphatic hydroxyl groups is 4. The molecule has 0 aliphatic heterocycles. The topological polar surface area (TPSA) is 110 Å². The van der Waals surface area contributed by atoms with Gasteiger partial charge in [0, 0.05) is 0 Å². The first-order valence-electron chi connectivity index (χ1n) is 28.1.